The molecule has 8 atom stereocenters. The molecule has 1 N–H and O–H groups in total. The summed E-state index contributed by atoms with van der Waals surface area (Å²) in [6.45, 7) is 24.3. The van der Waals surface area contributed by atoms with Crippen LogP contribution in [-0.2, 0) is 32.9 Å². The number of hydrogen-bond donors (Lipinski definition) is 1. The first-order valence-corrected chi connectivity index (χ1v) is 14.9. The molecule has 0 radical (unpaired) electrons. The first kappa shape index (κ1) is 28.2. The van der Waals surface area contributed by atoms with Gasteiger partial charge in [0.25, 0.3) is 0 Å². The van der Waals surface area contributed by atoms with E-state index in [1.54, 1.807) is 13.0 Å². The van der Waals surface area contributed by atoms with Gasteiger partial charge in [-0.15, -0.1) is 0 Å². The van der Waals surface area contributed by atoms with Crippen molar-refractivity contribution in [1.82, 2.24) is 0 Å². The van der Waals surface area contributed by atoms with E-state index in [0.717, 1.165) is 0 Å². The highest BCUT2D eigenvalue weighted by molar-refractivity contribution is 6.74. The van der Waals surface area contributed by atoms with Crippen molar-refractivity contribution in [3.05, 3.63) is 37.0 Å². The number of ether oxygens (including phenoxy) is 5. The summed E-state index contributed by atoms with van der Waals surface area (Å²) < 4.78 is 35.8. The Balaban J connectivity index is 2.26. The Morgan fingerprint density at radius 2 is 1.91 bits per heavy atom. The van der Waals surface area contributed by atoms with Crippen molar-refractivity contribution >= 4 is 14.3 Å². The Hall–Kier alpha value is -1.33. The number of fused-ring (bicyclic) bond motifs is 1. The van der Waals surface area contributed by atoms with E-state index >= 15 is 0 Å². The highest BCUT2D eigenvalue weighted by Gasteiger charge is 2.77. The molecule has 0 aromatic rings. The molecular formula is C26H42O8Si. The van der Waals surface area contributed by atoms with Gasteiger partial charge in [-0.05, 0) is 48.7 Å². The number of hydrogen-bond acceptors (Lipinski definition) is 8. The van der Waals surface area contributed by atoms with Gasteiger partial charge in [0.2, 0.25) is 0 Å². The van der Waals surface area contributed by atoms with Crippen molar-refractivity contribution < 1.29 is 38.0 Å². The lowest BCUT2D eigenvalue weighted by Gasteiger charge is -2.57. The Morgan fingerprint density at radius 1 is 1.29 bits per heavy atom. The van der Waals surface area contributed by atoms with Gasteiger partial charge in [-0.1, -0.05) is 40.5 Å². The molecule has 1 saturated carbocycles. The summed E-state index contributed by atoms with van der Waals surface area (Å²) in [5.74, 6) is -1.05. The van der Waals surface area contributed by atoms with Crippen molar-refractivity contribution in [2.24, 2.45) is 11.3 Å². The molecule has 1 spiro atoms. The van der Waals surface area contributed by atoms with Crippen LogP contribution in [0.5, 0.6) is 0 Å². The van der Waals surface area contributed by atoms with Crippen LogP contribution in [0.1, 0.15) is 34.1 Å². The van der Waals surface area contributed by atoms with Crippen molar-refractivity contribution in [3.63, 3.8) is 0 Å². The topological polar surface area (TPSA) is 92.7 Å². The maximum Gasteiger partial charge on any atom is 0.319 e. The van der Waals surface area contributed by atoms with E-state index in [2.05, 4.69) is 53.6 Å². The normalized spacial score (nSPS) is 39.6. The standard InChI is InChI=1S/C26H42O8Si/c1-12-17-20(34-35(10,11)24(5,6)7)25(23(27)33-17)13-18-19(16(4)22(30-9)32-18)21(31-14-29-8)26(25,28)15(2)3/h12,17-22,28H,1-2,4,13-14H2,3,5-11H3/t17-,18+,19+,20?,21+,22+,25+,26+/m1/s1. The molecule has 2 saturated heterocycles. The van der Waals surface area contributed by atoms with E-state index in [-0.39, 0.29) is 18.3 Å². The van der Waals surface area contributed by atoms with Gasteiger partial charge < -0.3 is 33.2 Å². The zero-order valence-corrected chi connectivity index (χ0v) is 23.4. The maximum absolute atomic E-state index is 13.9. The van der Waals surface area contributed by atoms with E-state index in [1.165, 1.54) is 14.2 Å². The van der Waals surface area contributed by atoms with Gasteiger partial charge in [0.05, 0.1) is 6.10 Å². The fourth-order valence-corrected chi connectivity index (χ4v) is 6.89. The number of carbonyl (C=O) groups is 1. The highest BCUT2D eigenvalue weighted by atomic mass is 28.4. The molecule has 0 bridgehead atoms. The van der Waals surface area contributed by atoms with Crippen LogP contribution in [0.25, 0.3) is 0 Å². The molecule has 0 aromatic heterocycles. The van der Waals surface area contributed by atoms with Gasteiger partial charge >= 0.3 is 5.97 Å². The number of cyclic esters (lactones) is 1. The van der Waals surface area contributed by atoms with E-state index in [9.17, 15) is 9.90 Å². The van der Waals surface area contributed by atoms with Gasteiger partial charge in [-0.2, -0.15) is 0 Å². The molecule has 2 aliphatic heterocycles. The predicted molar refractivity (Wildman–Crippen MR) is 134 cm³/mol. The molecule has 3 fully saturated rings. The van der Waals surface area contributed by atoms with Crippen LogP contribution in [0.2, 0.25) is 18.1 Å². The molecule has 2 heterocycles. The number of esters is 1. The minimum Gasteiger partial charge on any atom is -0.455 e. The summed E-state index contributed by atoms with van der Waals surface area (Å²) >= 11 is 0. The van der Waals surface area contributed by atoms with Gasteiger partial charge in [0.1, 0.15) is 36.1 Å². The molecule has 1 unspecified atom stereocenters. The molecule has 0 aromatic carbocycles. The molecule has 9 heteroatoms. The molecule has 35 heavy (non-hydrogen) atoms. The fourth-order valence-electron chi connectivity index (χ4n) is 5.57. The van der Waals surface area contributed by atoms with Crippen molar-refractivity contribution in [3.8, 4) is 0 Å². The summed E-state index contributed by atoms with van der Waals surface area (Å²) in [6, 6.07) is 0. The van der Waals surface area contributed by atoms with E-state index < -0.39 is 61.9 Å². The summed E-state index contributed by atoms with van der Waals surface area (Å²) in [4.78, 5) is 13.9. The Morgan fingerprint density at radius 3 is 2.40 bits per heavy atom. The maximum atomic E-state index is 13.9. The van der Waals surface area contributed by atoms with Gasteiger partial charge in [-0.25, -0.2) is 0 Å². The lowest BCUT2D eigenvalue weighted by atomic mass is 9.53. The minimum atomic E-state index is -2.45. The zero-order valence-electron chi connectivity index (χ0n) is 22.4. The van der Waals surface area contributed by atoms with Crippen LogP contribution in [-0.4, -0.2) is 76.7 Å². The zero-order chi connectivity index (χ0) is 26.6. The lowest BCUT2D eigenvalue weighted by Crippen LogP contribution is -2.72. The average Bonchev–Trinajstić information content (AvgIpc) is 3.21. The predicted octanol–water partition coefficient (Wildman–Crippen LogP) is 3.72. The van der Waals surface area contributed by atoms with E-state index in [1.807, 2.05) is 0 Å². The van der Waals surface area contributed by atoms with Crippen molar-refractivity contribution in [2.75, 3.05) is 21.0 Å². The Labute approximate surface area is 210 Å². The second-order valence-electron chi connectivity index (χ2n) is 11.5. The highest BCUT2D eigenvalue weighted by Crippen LogP contribution is 2.62. The quantitative estimate of drug-likeness (QED) is 0.229. The average molecular weight is 511 g/mol. The van der Waals surface area contributed by atoms with Gasteiger partial charge in [0, 0.05) is 20.1 Å². The van der Waals surface area contributed by atoms with Crippen LogP contribution >= 0.6 is 0 Å². The molecular weight excluding hydrogens is 468 g/mol. The van der Waals surface area contributed by atoms with Gasteiger partial charge in [0.15, 0.2) is 14.6 Å². The van der Waals surface area contributed by atoms with E-state index in [0.29, 0.717) is 11.1 Å². The second-order valence-corrected chi connectivity index (χ2v) is 16.2. The smallest absolute Gasteiger partial charge is 0.319 e. The summed E-state index contributed by atoms with van der Waals surface area (Å²) in [5, 5.41) is 12.5. The third-order valence-electron chi connectivity index (χ3n) is 8.45. The van der Waals surface area contributed by atoms with Crippen LogP contribution in [0, 0.1) is 11.3 Å². The number of carbonyl (C=O) groups excluding carboxylic acids is 1. The van der Waals surface area contributed by atoms with Crippen LogP contribution < -0.4 is 0 Å². The first-order chi connectivity index (χ1) is 16.1. The second kappa shape index (κ2) is 9.52. The first-order valence-electron chi connectivity index (χ1n) is 12.0. The molecule has 3 aliphatic rings. The third-order valence-corrected chi connectivity index (χ3v) is 12.9. The molecule has 0 amide bonds. The SMILES string of the molecule is C=C[C@H]1OC(=O)[C@]2(C[C@@H]3O[C@H](OC)C(=C)[C@@H]3[C@H](OCOC)[C@@]2(O)C(=C)C)C1O[Si](C)(C)C(C)(C)C. The number of methoxy groups -OCH3 is 2. The third kappa shape index (κ3) is 4.09. The molecule has 8 nitrogen and oxygen atoms in total. The monoisotopic (exact) mass is 510 g/mol. The Kier molecular flexibility index (Phi) is 7.68. The van der Waals surface area contributed by atoms with Crippen LogP contribution in [0.3, 0.4) is 0 Å². The van der Waals surface area contributed by atoms with Crippen LogP contribution in [0.15, 0.2) is 37.0 Å². The van der Waals surface area contributed by atoms with Crippen molar-refractivity contribution in [2.45, 2.75) is 88.6 Å². The summed E-state index contributed by atoms with van der Waals surface area (Å²) in [6.07, 6.45) is -2.10. The van der Waals surface area contributed by atoms with Gasteiger partial charge in [-0.3, -0.25) is 4.79 Å². The number of aliphatic hydroxyl groups is 1. The molecule has 1 aliphatic carbocycles. The largest absolute Gasteiger partial charge is 0.455 e. The molecule has 198 valence electrons. The molecule has 3 rings (SSSR count). The van der Waals surface area contributed by atoms with E-state index in [4.69, 9.17) is 28.1 Å². The Bertz CT molecular complexity index is 879. The summed E-state index contributed by atoms with van der Waals surface area (Å²) in [7, 11) is 0.573. The summed E-state index contributed by atoms with van der Waals surface area (Å²) in [5.41, 5.74) is -2.45. The number of rotatable bonds is 8. The fraction of sp³-hybridized carbons (Fsp3) is 0.731. The minimum absolute atomic E-state index is 0.113. The van der Waals surface area contributed by atoms with Crippen LogP contribution in [0.4, 0.5) is 0 Å². The lowest BCUT2D eigenvalue weighted by molar-refractivity contribution is -0.249. The van der Waals surface area contributed by atoms with Crippen molar-refractivity contribution in [1.29, 1.82) is 0 Å².